The van der Waals surface area contributed by atoms with Gasteiger partial charge in [0.25, 0.3) is 0 Å². The first-order valence-corrected chi connectivity index (χ1v) is 9.39. The number of halogens is 1. The van der Waals surface area contributed by atoms with Crippen LogP contribution in [0.5, 0.6) is 5.75 Å². The lowest BCUT2D eigenvalue weighted by atomic mass is 9.89. The summed E-state index contributed by atoms with van der Waals surface area (Å²) >= 11 is 0. The molecule has 0 radical (unpaired) electrons. The molecule has 0 spiro atoms. The van der Waals surface area contributed by atoms with E-state index in [4.69, 9.17) is 4.74 Å². The van der Waals surface area contributed by atoms with E-state index >= 15 is 0 Å². The second-order valence-electron chi connectivity index (χ2n) is 7.34. The number of piperidine rings is 2. The highest BCUT2D eigenvalue weighted by atomic mass is 35.5. The van der Waals surface area contributed by atoms with E-state index in [1.54, 1.807) is 7.11 Å². The maximum atomic E-state index is 5.23. The summed E-state index contributed by atoms with van der Waals surface area (Å²) in [5, 5.41) is 3.54. The van der Waals surface area contributed by atoms with Crippen molar-refractivity contribution in [3.8, 4) is 5.75 Å². The van der Waals surface area contributed by atoms with E-state index in [1.165, 1.54) is 76.8 Å². The maximum Gasteiger partial charge on any atom is 0.118 e. The number of nitrogens with zero attached hydrogens (tertiary/aromatic N) is 1. The summed E-state index contributed by atoms with van der Waals surface area (Å²) in [6.07, 6.45) is 8.10. The molecular weight excluding hydrogens is 320 g/mol. The number of nitrogens with one attached hydrogen (secondary N) is 1. The molecule has 0 bridgehead atoms. The first kappa shape index (κ1) is 19.6. The molecule has 1 N–H and O–H groups in total. The molecule has 2 heterocycles. The van der Waals surface area contributed by atoms with Gasteiger partial charge in [0, 0.05) is 6.54 Å². The zero-order chi connectivity index (χ0) is 15.9. The third-order valence-corrected chi connectivity index (χ3v) is 5.62. The standard InChI is InChI=1S/C20H32N2O.ClH/c1-23-20-8-6-17(7-9-20)4-5-18-10-13-22(14-11-18)16-19-3-2-12-21-15-19;/h6-9,18-19,21H,2-5,10-16H2,1H3;1H. The molecule has 136 valence electrons. The van der Waals surface area contributed by atoms with Crippen molar-refractivity contribution in [2.75, 3.05) is 39.8 Å². The molecule has 2 fully saturated rings. The van der Waals surface area contributed by atoms with Gasteiger partial charge in [0.2, 0.25) is 0 Å². The van der Waals surface area contributed by atoms with E-state index in [9.17, 15) is 0 Å². The van der Waals surface area contributed by atoms with Crippen molar-refractivity contribution >= 4 is 12.4 Å². The van der Waals surface area contributed by atoms with Gasteiger partial charge in [-0.1, -0.05) is 12.1 Å². The van der Waals surface area contributed by atoms with Gasteiger partial charge >= 0.3 is 0 Å². The van der Waals surface area contributed by atoms with Crippen molar-refractivity contribution in [1.29, 1.82) is 0 Å². The van der Waals surface area contributed by atoms with Gasteiger partial charge in [-0.2, -0.15) is 0 Å². The van der Waals surface area contributed by atoms with Crippen molar-refractivity contribution in [3.63, 3.8) is 0 Å². The number of hydrogen-bond donors (Lipinski definition) is 1. The van der Waals surface area contributed by atoms with E-state index in [0.717, 1.165) is 17.6 Å². The van der Waals surface area contributed by atoms with Crippen molar-refractivity contribution in [2.24, 2.45) is 11.8 Å². The summed E-state index contributed by atoms with van der Waals surface area (Å²) in [6, 6.07) is 8.58. The van der Waals surface area contributed by atoms with Gasteiger partial charge in [0.15, 0.2) is 0 Å². The van der Waals surface area contributed by atoms with E-state index < -0.39 is 0 Å². The molecule has 3 rings (SSSR count). The largest absolute Gasteiger partial charge is 0.497 e. The average molecular weight is 353 g/mol. The molecule has 1 aromatic carbocycles. The molecule has 2 aliphatic rings. The van der Waals surface area contributed by atoms with Crippen LogP contribution < -0.4 is 10.1 Å². The summed E-state index contributed by atoms with van der Waals surface area (Å²) in [5.41, 5.74) is 1.45. The van der Waals surface area contributed by atoms with Gasteiger partial charge in [-0.25, -0.2) is 0 Å². The molecule has 4 heteroatoms. The van der Waals surface area contributed by atoms with Gasteiger partial charge in [-0.3, -0.25) is 0 Å². The number of aryl methyl sites for hydroxylation is 1. The number of likely N-dealkylation sites (tertiary alicyclic amines) is 1. The molecular formula is C20H33ClN2O. The van der Waals surface area contributed by atoms with Gasteiger partial charge < -0.3 is 15.0 Å². The molecule has 24 heavy (non-hydrogen) atoms. The van der Waals surface area contributed by atoms with Gasteiger partial charge in [0.05, 0.1) is 7.11 Å². The third-order valence-electron chi connectivity index (χ3n) is 5.62. The summed E-state index contributed by atoms with van der Waals surface area (Å²) in [5.74, 6) is 2.76. The Morgan fingerprint density at radius 1 is 1.08 bits per heavy atom. The molecule has 2 saturated heterocycles. The summed E-state index contributed by atoms with van der Waals surface area (Å²) in [7, 11) is 1.73. The smallest absolute Gasteiger partial charge is 0.118 e. The topological polar surface area (TPSA) is 24.5 Å². The molecule has 1 atom stereocenters. The molecule has 0 amide bonds. The van der Waals surface area contributed by atoms with Crippen LogP contribution in [0.15, 0.2) is 24.3 Å². The van der Waals surface area contributed by atoms with Crippen molar-refractivity contribution < 1.29 is 4.74 Å². The lowest BCUT2D eigenvalue weighted by molar-refractivity contribution is 0.146. The van der Waals surface area contributed by atoms with Crippen LogP contribution >= 0.6 is 12.4 Å². The minimum Gasteiger partial charge on any atom is -0.497 e. The first-order chi connectivity index (χ1) is 11.3. The molecule has 1 aromatic rings. The Labute approximate surface area is 153 Å². The maximum absolute atomic E-state index is 5.23. The Morgan fingerprint density at radius 2 is 1.83 bits per heavy atom. The van der Waals surface area contributed by atoms with Crippen LogP contribution in [0.4, 0.5) is 0 Å². The summed E-state index contributed by atoms with van der Waals surface area (Å²) in [4.78, 5) is 2.71. The Morgan fingerprint density at radius 3 is 2.46 bits per heavy atom. The normalized spacial score (nSPS) is 22.8. The monoisotopic (exact) mass is 352 g/mol. The Balaban J connectivity index is 0.00000208. The number of hydrogen-bond acceptors (Lipinski definition) is 3. The predicted octanol–water partition coefficient (Wildman–Crippen LogP) is 3.76. The summed E-state index contributed by atoms with van der Waals surface area (Å²) in [6.45, 7) is 6.40. The fraction of sp³-hybridized carbons (Fsp3) is 0.700. The van der Waals surface area contributed by atoms with Crippen LogP contribution in [-0.4, -0.2) is 44.7 Å². The van der Waals surface area contributed by atoms with Crippen LogP contribution in [0.2, 0.25) is 0 Å². The lowest BCUT2D eigenvalue weighted by Crippen LogP contribution is -2.41. The second kappa shape index (κ2) is 10.3. The molecule has 1 unspecified atom stereocenters. The molecule has 0 aliphatic carbocycles. The number of rotatable bonds is 6. The van der Waals surface area contributed by atoms with Gasteiger partial charge in [0.1, 0.15) is 5.75 Å². The number of benzene rings is 1. The molecule has 2 aliphatic heterocycles. The minimum atomic E-state index is 0. The highest BCUT2D eigenvalue weighted by Gasteiger charge is 2.22. The zero-order valence-corrected chi connectivity index (χ0v) is 15.8. The Kier molecular flexibility index (Phi) is 8.37. The summed E-state index contributed by atoms with van der Waals surface area (Å²) < 4.78 is 5.23. The quantitative estimate of drug-likeness (QED) is 0.843. The van der Waals surface area contributed by atoms with E-state index in [2.05, 4.69) is 34.5 Å². The third kappa shape index (κ3) is 5.94. The fourth-order valence-corrected chi connectivity index (χ4v) is 4.07. The molecule has 0 saturated carbocycles. The number of ether oxygens (including phenoxy) is 1. The molecule has 3 nitrogen and oxygen atoms in total. The highest BCUT2D eigenvalue weighted by molar-refractivity contribution is 5.85. The highest BCUT2D eigenvalue weighted by Crippen LogP contribution is 2.24. The molecule has 0 aromatic heterocycles. The van der Waals surface area contributed by atoms with Crippen LogP contribution in [0.1, 0.15) is 37.7 Å². The lowest BCUT2D eigenvalue weighted by Gasteiger charge is -2.35. The zero-order valence-electron chi connectivity index (χ0n) is 15.0. The minimum absolute atomic E-state index is 0. The van der Waals surface area contributed by atoms with Crippen LogP contribution in [0, 0.1) is 11.8 Å². The van der Waals surface area contributed by atoms with Crippen LogP contribution in [0.3, 0.4) is 0 Å². The van der Waals surface area contributed by atoms with Crippen molar-refractivity contribution in [1.82, 2.24) is 10.2 Å². The number of methoxy groups -OCH3 is 1. The SMILES string of the molecule is COc1ccc(CCC2CCN(CC3CCCNC3)CC2)cc1.Cl. The van der Waals surface area contributed by atoms with Crippen molar-refractivity contribution in [2.45, 2.75) is 38.5 Å². The van der Waals surface area contributed by atoms with Crippen LogP contribution in [0.25, 0.3) is 0 Å². The van der Waals surface area contributed by atoms with Crippen LogP contribution in [-0.2, 0) is 6.42 Å². The van der Waals surface area contributed by atoms with Gasteiger partial charge in [-0.05, 0) is 94.2 Å². The Hall–Kier alpha value is -0.770. The van der Waals surface area contributed by atoms with E-state index in [0.29, 0.717) is 0 Å². The average Bonchev–Trinajstić information content (AvgIpc) is 2.62. The predicted molar refractivity (Wildman–Crippen MR) is 103 cm³/mol. The van der Waals surface area contributed by atoms with E-state index in [-0.39, 0.29) is 12.4 Å². The second-order valence-corrected chi connectivity index (χ2v) is 7.34. The Bertz CT molecular complexity index is 451. The fourth-order valence-electron chi connectivity index (χ4n) is 4.07. The van der Waals surface area contributed by atoms with Crippen molar-refractivity contribution in [3.05, 3.63) is 29.8 Å². The van der Waals surface area contributed by atoms with E-state index in [1.807, 2.05) is 0 Å². The van der Waals surface area contributed by atoms with Gasteiger partial charge in [-0.15, -0.1) is 12.4 Å². The first-order valence-electron chi connectivity index (χ1n) is 9.39.